The number of carbonyl (C=O) groups excluding carboxylic acids is 2. The van der Waals surface area contributed by atoms with Crippen LogP contribution in [0.1, 0.15) is 49.4 Å². The van der Waals surface area contributed by atoms with E-state index in [1.165, 1.54) is 0 Å². The number of hydrogen-bond acceptors (Lipinski definition) is 4. The van der Waals surface area contributed by atoms with Crippen molar-refractivity contribution >= 4 is 11.8 Å². The van der Waals surface area contributed by atoms with Crippen molar-refractivity contribution < 1.29 is 14.3 Å². The lowest BCUT2D eigenvalue weighted by molar-refractivity contribution is -0.165. The number of unbranched alkanes of at least 4 members (excludes halogenated alkanes) is 1. The minimum absolute atomic E-state index is 0.0916. The van der Waals surface area contributed by atoms with Crippen LogP contribution in [0.25, 0.3) is 0 Å². The van der Waals surface area contributed by atoms with E-state index in [4.69, 9.17) is 4.74 Å². The number of nitrogens with zero attached hydrogens (tertiary/aromatic N) is 2. The summed E-state index contributed by atoms with van der Waals surface area (Å²) >= 11 is 0. The van der Waals surface area contributed by atoms with Crippen molar-refractivity contribution in [1.29, 1.82) is 0 Å². The molecule has 1 atom stereocenters. The molecule has 2 saturated heterocycles. The molecule has 25 heavy (non-hydrogen) atoms. The molecule has 0 aliphatic carbocycles. The monoisotopic (exact) mass is 345 g/mol. The topological polar surface area (TPSA) is 71.5 Å². The second kappa shape index (κ2) is 7.95. The maximum Gasteiger partial charge on any atom is 0.252 e. The Labute approximate surface area is 148 Å². The van der Waals surface area contributed by atoms with Gasteiger partial charge in [-0.25, -0.2) is 0 Å². The Morgan fingerprint density at radius 1 is 1.44 bits per heavy atom. The van der Waals surface area contributed by atoms with Gasteiger partial charge in [0.2, 0.25) is 5.91 Å². The maximum absolute atomic E-state index is 12.1. The fraction of sp³-hybridized carbons (Fsp3) is 0.632. The summed E-state index contributed by atoms with van der Waals surface area (Å²) in [6, 6.07) is 3.52. The van der Waals surface area contributed by atoms with Gasteiger partial charge in [-0.05, 0) is 37.3 Å². The average molecular weight is 345 g/mol. The van der Waals surface area contributed by atoms with Crippen molar-refractivity contribution in [2.75, 3.05) is 26.2 Å². The molecule has 0 radical (unpaired) electrons. The molecule has 3 heterocycles. The van der Waals surface area contributed by atoms with Crippen molar-refractivity contribution in [3.63, 3.8) is 0 Å². The molecule has 1 aromatic rings. The van der Waals surface area contributed by atoms with Gasteiger partial charge in [0.05, 0.1) is 18.7 Å². The van der Waals surface area contributed by atoms with Crippen molar-refractivity contribution in [3.05, 3.63) is 30.1 Å². The van der Waals surface area contributed by atoms with Gasteiger partial charge in [0.1, 0.15) is 5.60 Å². The third-order valence-electron chi connectivity index (χ3n) is 5.32. The van der Waals surface area contributed by atoms with Crippen molar-refractivity contribution in [1.82, 2.24) is 15.2 Å². The molecular weight excluding hydrogens is 318 g/mol. The predicted octanol–water partition coefficient (Wildman–Crippen LogP) is 2.01. The van der Waals surface area contributed by atoms with E-state index in [9.17, 15) is 9.59 Å². The number of hydrogen-bond donors (Lipinski definition) is 1. The smallest absolute Gasteiger partial charge is 0.252 e. The third-order valence-corrected chi connectivity index (χ3v) is 5.32. The standard InChI is InChI=1S/C19H27N3O3/c1-2-3-6-17(23)22-13-19(14-22)16(8-11-25-19)7-10-21-18(24)15-5-4-9-20-12-15/h4-5,9,12,16H,2-3,6-8,10-11,13-14H2,1H3,(H,21,24). The van der Waals surface area contributed by atoms with Gasteiger partial charge in [-0.1, -0.05) is 13.3 Å². The van der Waals surface area contributed by atoms with E-state index >= 15 is 0 Å². The van der Waals surface area contributed by atoms with Crippen LogP contribution in [-0.4, -0.2) is 53.5 Å². The summed E-state index contributed by atoms with van der Waals surface area (Å²) in [5.41, 5.74) is 0.400. The fourth-order valence-corrected chi connectivity index (χ4v) is 3.76. The van der Waals surface area contributed by atoms with Gasteiger partial charge in [0.25, 0.3) is 5.91 Å². The number of nitrogens with one attached hydrogen (secondary N) is 1. The highest BCUT2D eigenvalue weighted by molar-refractivity contribution is 5.93. The van der Waals surface area contributed by atoms with Gasteiger partial charge in [-0.3, -0.25) is 14.6 Å². The average Bonchev–Trinajstić information content (AvgIpc) is 3.03. The summed E-state index contributed by atoms with van der Waals surface area (Å²) in [6.07, 6.45) is 7.73. The molecule has 2 amide bonds. The number of aromatic nitrogens is 1. The third kappa shape index (κ3) is 4.00. The van der Waals surface area contributed by atoms with Crippen LogP contribution in [0.4, 0.5) is 0 Å². The van der Waals surface area contributed by atoms with Crippen LogP contribution in [0.2, 0.25) is 0 Å². The Morgan fingerprint density at radius 3 is 3.00 bits per heavy atom. The lowest BCUT2D eigenvalue weighted by Gasteiger charge is -2.50. The zero-order valence-corrected chi connectivity index (χ0v) is 14.9. The first-order chi connectivity index (χ1) is 12.1. The van der Waals surface area contributed by atoms with E-state index in [2.05, 4.69) is 17.2 Å². The van der Waals surface area contributed by atoms with Crippen LogP contribution in [-0.2, 0) is 9.53 Å². The van der Waals surface area contributed by atoms with Crippen molar-refractivity contribution in [3.8, 4) is 0 Å². The number of rotatable bonds is 7. The second-order valence-electron chi connectivity index (χ2n) is 7.04. The molecule has 0 bridgehead atoms. The van der Waals surface area contributed by atoms with Gasteiger partial charge < -0.3 is 15.0 Å². The van der Waals surface area contributed by atoms with Gasteiger partial charge in [-0.2, -0.15) is 0 Å². The Kier molecular flexibility index (Phi) is 5.68. The molecule has 2 fully saturated rings. The minimum Gasteiger partial charge on any atom is -0.371 e. The summed E-state index contributed by atoms with van der Waals surface area (Å²) in [4.78, 5) is 30.1. The van der Waals surface area contributed by atoms with Gasteiger partial charge in [0, 0.05) is 32.0 Å². The van der Waals surface area contributed by atoms with Crippen LogP contribution in [0.15, 0.2) is 24.5 Å². The lowest BCUT2D eigenvalue weighted by atomic mass is 9.78. The first-order valence-corrected chi connectivity index (χ1v) is 9.24. The van der Waals surface area contributed by atoms with Crippen LogP contribution < -0.4 is 5.32 Å². The summed E-state index contributed by atoms with van der Waals surface area (Å²) in [5, 5.41) is 2.96. The highest BCUT2D eigenvalue weighted by atomic mass is 16.5. The second-order valence-corrected chi connectivity index (χ2v) is 7.04. The Hall–Kier alpha value is -1.95. The molecule has 0 saturated carbocycles. The van der Waals surface area contributed by atoms with Crippen LogP contribution in [0.3, 0.4) is 0 Å². The molecule has 136 valence electrons. The van der Waals surface area contributed by atoms with Gasteiger partial charge in [-0.15, -0.1) is 0 Å². The van der Waals surface area contributed by atoms with E-state index in [0.717, 1.165) is 32.3 Å². The van der Waals surface area contributed by atoms with Crippen LogP contribution >= 0.6 is 0 Å². The zero-order valence-electron chi connectivity index (χ0n) is 14.9. The van der Waals surface area contributed by atoms with Crippen LogP contribution in [0, 0.1) is 5.92 Å². The van der Waals surface area contributed by atoms with Gasteiger partial charge >= 0.3 is 0 Å². The Balaban J connectivity index is 1.44. The molecule has 0 aromatic carbocycles. The molecule has 3 rings (SSSR count). The van der Waals surface area contributed by atoms with E-state index in [1.807, 2.05) is 4.90 Å². The summed E-state index contributed by atoms with van der Waals surface area (Å²) < 4.78 is 6.00. The van der Waals surface area contributed by atoms with Crippen molar-refractivity contribution in [2.24, 2.45) is 5.92 Å². The van der Waals surface area contributed by atoms with E-state index < -0.39 is 0 Å². The number of likely N-dealkylation sites (tertiary alicyclic amines) is 1. The summed E-state index contributed by atoms with van der Waals surface area (Å²) in [7, 11) is 0. The SMILES string of the molecule is CCCCC(=O)N1CC2(C1)OCCC2CCNC(=O)c1cccnc1. The predicted molar refractivity (Wildman–Crippen MR) is 94.1 cm³/mol. The molecule has 2 aliphatic heterocycles. The number of pyridine rings is 1. The summed E-state index contributed by atoms with van der Waals surface area (Å²) in [5.74, 6) is 0.551. The van der Waals surface area contributed by atoms with E-state index in [1.54, 1.807) is 24.5 Å². The van der Waals surface area contributed by atoms with Crippen molar-refractivity contribution in [2.45, 2.75) is 44.6 Å². The zero-order chi connectivity index (χ0) is 17.7. The van der Waals surface area contributed by atoms with Gasteiger partial charge in [0.15, 0.2) is 0 Å². The molecular formula is C19H27N3O3. The van der Waals surface area contributed by atoms with Crippen LogP contribution in [0.5, 0.6) is 0 Å². The maximum atomic E-state index is 12.1. The number of carbonyl (C=O) groups is 2. The molecule has 1 unspecified atom stereocenters. The molecule has 1 N–H and O–H groups in total. The molecule has 6 nitrogen and oxygen atoms in total. The first kappa shape index (κ1) is 17.9. The highest BCUT2D eigenvalue weighted by Gasteiger charge is 2.53. The lowest BCUT2D eigenvalue weighted by Crippen LogP contribution is -2.66. The normalized spacial score (nSPS) is 21.2. The Bertz CT molecular complexity index is 599. The molecule has 1 spiro atoms. The number of amides is 2. The van der Waals surface area contributed by atoms with E-state index in [-0.39, 0.29) is 17.4 Å². The largest absolute Gasteiger partial charge is 0.371 e. The number of ether oxygens (including phenoxy) is 1. The Morgan fingerprint density at radius 2 is 2.28 bits per heavy atom. The highest BCUT2D eigenvalue weighted by Crippen LogP contribution is 2.41. The fourth-order valence-electron chi connectivity index (χ4n) is 3.76. The first-order valence-electron chi connectivity index (χ1n) is 9.24. The minimum atomic E-state index is -0.180. The molecule has 1 aromatic heterocycles. The molecule has 2 aliphatic rings. The molecule has 6 heteroatoms. The summed E-state index contributed by atoms with van der Waals surface area (Å²) in [6.45, 7) is 4.87. The quantitative estimate of drug-likeness (QED) is 0.820. The van der Waals surface area contributed by atoms with E-state index in [0.29, 0.717) is 37.5 Å².